The summed E-state index contributed by atoms with van der Waals surface area (Å²) in [5, 5.41) is 0. The fourth-order valence-electron chi connectivity index (χ4n) is 0.693. The van der Waals surface area contributed by atoms with E-state index in [-0.39, 0.29) is 5.54 Å². The molecule has 0 aliphatic carbocycles. The number of rotatable bonds is 0. The Kier molecular flexibility index (Phi) is 1.06. The molecule has 0 aromatic heterocycles. The average Bonchev–Trinajstić information content (AvgIpc) is 1.27. The Bertz CT molecular complexity index is 75.8. The van der Waals surface area contributed by atoms with Crippen LogP contribution in [-0.2, 0) is 11.2 Å². The molecule has 1 heterocycles. The first-order valence-corrected chi connectivity index (χ1v) is 3.73. The van der Waals surface area contributed by atoms with Crippen molar-refractivity contribution in [3.63, 3.8) is 0 Å². The van der Waals surface area contributed by atoms with Crippen molar-refractivity contribution >= 4 is 11.2 Å². The van der Waals surface area contributed by atoms with Crippen molar-refractivity contribution in [2.45, 2.75) is 12.5 Å². The van der Waals surface area contributed by atoms with Gasteiger partial charge in [-0.3, -0.25) is 0 Å². The van der Waals surface area contributed by atoms with Crippen LogP contribution in [0.25, 0.3) is 0 Å². The number of hydrogen-bond donors (Lipinski definition) is 1. The van der Waals surface area contributed by atoms with Gasteiger partial charge in [-0.2, -0.15) is 0 Å². The summed E-state index contributed by atoms with van der Waals surface area (Å²) in [6.45, 7) is 1.92. The van der Waals surface area contributed by atoms with Crippen LogP contribution < -0.4 is 5.73 Å². The molecule has 3 heteroatoms. The molecule has 1 aliphatic heterocycles. The second kappa shape index (κ2) is 1.37. The summed E-state index contributed by atoms with van der Waals surface area (Å²) in [7, 11) is 0. The molecule has 0 aromatic rings. The van der Waals surface area contributed by atoms with E-state index in [1.807, 2.05) is 6.92 Å². The topological polar surface area (TPSA) is 49.1 Å². The van der Waals surface area contributed by atoms with Gasteiger partial charge in [0.15, 0.2) is 0 Å². The molecular weight excluding hydrogens is 110 g/mol. The maximum absolute atomic E-state index is 10.3. The van der Waals surface area contributed by atoms with Crippen LogP contribution in [0.15, 0.2) is 0 Å². The minimum atomic E-state index is -0.586. The summed E-state index contributed by atoms with van der Waals surface area (Å²) in [6.07, 6.45) is 0. The van der Waals surface area contributed by atoms with Gasteiger partial charge in [-0.25, -0.2) is 0 Å². The molecule has 2 nitrogen and oxygen atoms in total. The molecule has 1 fully saturated rings. The quantitative estimate of drug-likeness (QED) is 0.436. The highest BCUT2D eigenvalue weighted by molar-refractivity contribution is 7.93. The van der Waals surface area contributed by atoms with Crippen molar-refractivity contribution in [3.8, 4) is 0 Å². The van der Waals surface area contributed by atoms with Crippen LogP contribution in [0.3, 0.4) is 0 Å². The minimum absolute atomic E-state index is 0.106. The highest BCUT2D eigenvalue weighted by atomic mass is 32.2. The Morgan fingerprint density at radius 1 is 1.71 bits per heavy atom. The van der Waals surface area contributed by atoms with Crippen LogP contribution in [0.1, 0.15) is 6.92 Å². The Morgan fingerprint density at radius 3 is 2.14 bits per heavy atom. The van der Waals surface area contributed by atoms with Gasteiger partial charge in [0.1, 0.15) is 17.0 Å². The summed E-state index contributed by atoms with van der Waals surface area (Å²) in [5.74, 6) is 1.38. The molecule has 1 aliphatic rings. The standard InChI is InChI=1S/C4H9NOS/c1-4(5)2-7(6)3-4/h2-3,5H2,1H3/t4-,7-. The minimum Gasteiger partial charge on any atom is -0.616 e. The lowest BCUT2D eigenvalue weighted by Gasteiger charge is -2.35. The van der Waals surface area contributed by atoms with E-state index in [9.17, 15) is 4.55 Å². The maximum atomic E-state index is 10.3. The van der Waals surface area contributed by atoms with E-state index in [2.05, 4.69) is 0 Å². The van der Waals surface area contributed by atoms with Crippen molar-refractivity contribution in [1.82, 2.24) is 0 Å². The molecule has 0 saturated carbocycles. The molecular formula is C4H9NOS. The zero-order valence-electron chi connectivity index (χ0n) is 4.31. The molecule has 1 rings (SSSR count). The van der Waals surface area contributed by atoms with Crippen LogP contribution in [0.4, 0.5) is 0 Å². The summed E-state index contributed by atoms with van der Waals surface area (Å²) in [5.41, 5.74) is 5.41. The van der Waals surface area contributed by atoms with Gasteiger partial charge in [-0.1, -0.05) is 0 Å². The first-order chi connectivity index (χ1) is 3.10. The largest absolute Gasteiger partial charge is 0.616 e. The molecule has 0 atom stereocenters. The summed E-state index contributed by atoms with van der Waals surface area (Å²) < 4.78 is 10.3. The molecule has 0 radical (unpaired) electrons. The first-order valence-electron chi connectivity index (χ1n) is 2.24. The van der Waals surface area contributed by atoms with E-state index in [0.717, 1.165) is 0 Å². The maximum Gasteiger partial charge on any atom is 0.127 e. The van der Waals surface area contributed by atoms with Crippen molar-refractivity contribution in [1.29, 1.82) is 0 Å². The second-order valence-electron chi connectivity index (χ2n) is 2.38. The predicted octanol–water partition coefficient (Wildman–Crippen LogP) is -0.534. The molecule has 0 unspecified atom stereocenters. The van der Waals surface area contributed by atoms with Crippen LogP contribution in [-0.4, -0.2) is 21.6 Å². The van der Waals surface area contributed by atoms with Gasteiger partial charge in [0.25, 0.3) is 0 Å². The van der Waals surface area contributed by atoms with E-state index in [1.165, 1.54) is 0 Å². The zero-order valence-corrected chi connectivity index (χ0v) is 5.12. The summed E-state index contributed by atoms with van der Waals surface area (Å²) in [4.78, 5) is 0. The first kappa shape index (κ1) is 5.41. The third-order valence-corrected chi connectivity index (χ3v) is 2.94. The van der Waals surface area contributed by atoms with Crippen molar-refractivity contribution < 1.29 is 4.55 Å². The van der Waals surface area contributed by atoms with E-state index in [1.54, 1.807) is 0 Å². The Balaban J connectivity index is 2.29. The van der Waals surface area contributed by atoms with E-state index in [4.69, 9.17) is 5.73 Å². The highest BCUT2D eigenvalue weighted by Crippen LogP contribution is 2.18. The van der Waals surface area contributed by atoms with Crippen LogP contribution >= 0.6 is 0 Å². The molecule has 2 N–H and O–H groups in total. The summed E-state index contributed by atoms with van der Waals surface area (Å²) in [6, 6.07) is 0. The van der Waals surface area contributed by atoms with Crippen LogP contribution in [0.5, 0.6) is 0 Å². The van der Waals surface area contributed by atoms with E-state index in [0.29, 0.717) is 11.5 Å². The Hall–Kier alpha value is 0.270. The normalized spacial score (nSPS) is 51.0. The smallest absolute Gasteiger partial charge is 0.127 e. The van der Waals surface area contributed by atoms with Crippen molar-refractivity contribution in [2.75, 3.05) is 11.5 Å². The lowest BCUT2D eigenvalue weighted by Crippen LogP contribution is -2.59. The molecule has 0 spiro atoms. The van der Waals surface area contributed by atoms with Crippen LogP contribution in [0.2, 0.25) is 0 Å². The van der Waals surface area contributed by atoms with Gasteiger partial charge in [0.05, 0.1) is 0 Å². The van der Waals surface area contributed by atoms with E-state index < -0.39 is 11.2 Å². The third-order valence-electron chi connectivity index (χ3n) is 0.981. The van der Waals surface area contributed by atoms with Crippen molar-refractivity contribution in [2.24, 2.45) is 5.73 Å². The molecule has 0 bridgehead atoms. The molecule has 7 heavy (non-hydrogen) atoms. The van der Waals surface area contributed by atoms with Crippen molar-refractivity contribution in [3.05, 3.63) is 0 Å². The molecule has 0 aromatic carbocycles. The van der Waals surface area contributed by atoms with Gasteiger partial charge in [0.2, 0.25) is 0 Å². The van der Waals surface area contributed by atoms with Gasteiger partial charge < -0.3 is 10.3 Å². The van der Waals surface area contributed by atoms with E-state index >= 15 is 0 Å². The predicted molar refractivity (Wildman–Crippen MR) is 30.5 cm³/mol. The lowest BCUT2D eigenvalue weighted by atomic mass is 10.1. The third kappa shape index (κ3) is 1.08. The SMILES string of the molecule is C[C@]1(N)C[S@+]([O-])C1. The Morgan fingerprint density at radius 2 is 2.14 bits per heavy atom. The van der Waals surface area contributed by atoms with Gasteiger partial charge in [-0.05, 0) is 18.1 Å². The monoisotopic (exact) mass is 119 g/mol. The molecule has 1 saturated heterocycles. The average molecular weight is 119 g/mol. The number of hydrogen-bond acceptors (Lipinski definition) is 2. The highest BCUT2D eigenvalue weighted by Gasteiger charge is 2.40. The van der Waals surface area contributed by atoms with Gasteiger partial charge >= 0.3 is 0 Å². The molecule has 42 valence electrons. The van der Waals surface area contributed by atoms with Crippen LogP contribution in [0, 0.1) is 0 Å². The lowest BCUT2D eigenvalue weighted by molar-refractivity contribution is 0.488. The number of nitrogens with two attached hydrogens (primary N) is 1. The fraction of sp³-hybridized carbons (Fsp3) is 1.00. The summed E-state index contributed by atoms with van der Waals surface area (Å²) >= 11 is -0.586. The fourth-order valence-corrected chi connectivity index (χ4v) is 2.08. The molecule has 0 amide bonds. The van der Waals surface area contributed by atoms with Gasteiger partial charge in [-0.15, -0.1) is 0 Å². The van der Waals surface area contributed by atoms with Gasteiger partial charge in [0, 0.05) is 0 Å². The Labute approximate surface area is 46.3 Å². The zero-order chi connectivity index (χ0) is 5.49. The second-order valence-corrected chi connectivity index (χ2v) is 3.84.